The van der Waals surface area contributed by atoms with Crippen LogP contribution in [0.25, 0.3) is 0 Å². The zero-order chi connectivity index (χ0) is 15.0. The SMILES string of the molecule is O=S1(=O)CCN(S(=O)(=O)c2cc(F)ccc2CO)CC1. The number of nitrogens with zero attached hydrogens (tertiary/aromatic N) is 1. The summed E-state index contributed by atoms with van der Waals surface area (Å²) < 4.78 is 61.6. The summed E-state index contributed by atoms with van der Waals surface area (Å²) in [5.41, 5.74) is 0.0832. The average molecular weight is 323 g/mol. The summed E-state index contributed by atoms with van der Waals surface area (Å²) in [6.45, 7) is -0.862. The molecule has 0 aromatic heterocycles. The van der Waals surface area contributed by atoms with E-state index in [0.29, 0.717) is 0 Å². The highest BCUT2D eigenvalue weighted by Crippen LogP contribution is 2.23. The first-order valence-electron chi connectivity index (χ1n) is 5.86. The number of benzene rings is 1. The van der Waals surface area contributed by atoms with Gasteiger partial charge in [0.1, 0.15) is 5.82 Å². The van der Waals surface area contributed by atoms with Crippen molar-refractivity contribution >= 4 is 19.9 Å². The van der Waals surface area contributed by atoms with Crippen molar-refractivity contribution in [3.8, 4) is 0 Å². The Morgan fingerprint density at radius 3 is 2.40 bits per heavy atom. The van der Waals surface area contributed by atoms with Crippen molar-refractivity contribution in [2.75, 3.05) is 24.6 Å². The number of sulfonamides is 1. The topological polar surface area (TPSA) is 91.8 Å². The van der Waals surface area contributed by atoms with Crippen LogP contribution in [0, 0.1) is 5.82 Å². The molecule has 6 nitrogen and oxygen atoms in total. The molecule has 20 heavy (non-hydrogen) atoms. The minimum Gasteiger partial charge on any atom is -0.392 e. The maximum atomic E-state index is 13.2. The molecular weight excluding hydrogens is 309 g/mol. The van der Waals surface area contributed by atoms with Crippen LogP contribution in [0.15, 0.2) is 23.1 Å². The fourth-order valence-corrected chi connectivity index (χ4v) is 5.07. The molecule has 2 rings (SSSR count). The molecule has 1 aromatic carbocycles. The molecule has 9 heteroatoms. The third-order valence-corrected chi connectivity index (χ3v) is 6.71. The molecule has 1 saturated heterocycles. The Kier molecular flexibility index (Phi) is 4.14. The maximum Gasteiger partial charge on any atom is 0.243 e. The molecule has 0 aliphatic carbocycles. The molecule has 1 fully saturated rings. The number of hydrogen-bond acceptors (Lipinski definition) is 5. The number of rotatable bonds is 3. The fraction of sp³-hybridized carbons (Fsp3) is 0.455. The van der Waals surface area contributed by atoms with Crippen LogP contribution in [0.5, 0.6) is 0 Å². The van der Waals surface area contributed by atoms with Crippen molar-refractivity contribution in [2.45, 2.75) is 11.5 Å². The average Bonchev–Trinajstić information content (AvgIpc) is 2.38. The lowest BCUT2D eigenvalue weighted by Gasteiger charge is -2.26. The van der Waals surface area contributed by atoms with Gasteiger partial charge in [-0.3, -0.25) is 0 Å². The van der Waals surface area contributed by atoms with E-state index in [1.54, 1.807) is 0 Å². The van der Waals surface area contributed by atoms with Gasteiger partial charge in [0.25, 0.3) is 0 Å². The van der Waals surface area contributed by atoms with Crippen molar-refractivity contribution in [1.82, 2.24) is 4.31 Å². The molecule has 1 heterocycles. The lowest BCUT2D eigenvalue weighted by atomic mass is 10.2. The Labute approximate surface area is 116 Å². The molecule has 0 amide bonds. The van der Waals surface area contributed by atoms with E-state index >= 15 is 0 Å². The molecule has 1 aromatic rings. The summed E-state index contributed by atoms with van der Waals surface area (Å²) in [6.07, 6.45) is 0. The molecule has 112 valence electrons. The van der Waals surface area contributed by atoms with Gasteiger partial charge in [0.15, 0.2) is 9.84 Å². The fourth-order valence-electron chi connectivity index (χ4n) is 1.97. The number of halogens is 1. The zero-order valence-electron chi connectivity index (χ0n) is 10.5. The van der Waals surface area contributed by atoms with E-state index in [1.807, 2.05) is 0 Å². The highest BCUT2D eigenvalue weighted by molar-refractivity contribution is 7.92. The van der Waals surface area contributed by atoms with E-state index in [4.69, 9.17) is 5.11 Å². The normalized spacial score (nSPS) is 19.9. The number of aliphatic hydroxyl groups excluding tert-OH is 1. The van der Waals surface area contributed by atoms with Gasteiger partial charge in [-0.1, -0.05) is 6.07 Å². The second-order valence-corrected chi connectivity index (χ2v) is 8.68. The molecule has 1 N–H and O–H groups in total. The summed E-state index contributed by atoms with van der Waals surface area (Å²) in [5, 5.41) is 9.15. The van der Waals surface area contributed by atoms with Crippen LogP contribution >= 0.6 is 0 Å². The quantitative estimate of drug-likeness (QED) is 0.827. The Morgan fingerprint density at radius 1 is 1.25 bits per heavy atom. The Hall–Kier alpha value is -1.03. The van der Waals surface area contributed by atoms with Gasteiger partial charge in [0, 0.05) is 13.1 Å². The smallest absolute Gasteiger partial charge is 0.243 e. The summed E-state index contributed by atoms with van der Waals surface area (Å²) >= 11 is 0. The highest BCUT2D eigenvalue weighted by Gasteiger charge is 2.32. The number of aliphatic hydroxyl groups is 1. The first-order valence-corrected chi connectivity index (χ1v) is 9.12. The predicted molar refractivity (Wildman–Crippen MR) is 69.7 cm³/mol. The predicted octanol–water partition coefficient (Wildman–Crippen LogP) is -0.263. The van der Waals surface area contributed by atoms with E-state index in [2.05, 4.69) is 0 Å². The lowest BCUT2D eigenvalue weighted by molar-refractivity contribution is 0.277. The Bertz CT molecular complexity index is 700. The van der Waals surface area contributed by atoms with E-state index in [1.165, 1.54) is 6.07 Å². The molecular formula is C11H14FNO5S2. The third kappa shape index (κ3) is 3.00. The van der Waals surface area contributed by atoms with Gasteiger partial charge in [0.2, 0.25) is 10.0 Å². The molecule has 0 bridgehead atoms. The standard InChI is InChI=1S/C11H14FNO5S2/c12-10-2-1-9(8-14)11(7-10)20(17,18)13-3-5-19(15,16)6-4-13/h1-2,7,14H,3-6,8H2. The van der Waals surface area contributed by atoms with Gasteiger partial charge in [-0.15, -0.1) is 0 Å². The van der Waals surface area contributed by atoms with Crippen LogP contribution in [0.2, 0.25) is 0 Å². The highest BCUT2D eigenvalue weighted by atomic mass is 32.2. The lowest BCUT2D eigenvalue weighted by Crippen LogP contribution is -2.43. The Balaban J connectivity index is 2.39. The van der Waals surface area contributed by atoms with Crippen LogP contribution in [-0.2, 0) is 26.5 Å². The first kappa shape index (κ1) is 15.4. The van der Waals surface area contributed by atoms with Crippen LogP contribution in [-0.4, -0.2) is 50.8 Å². The summed E-state index contributed by atoms with van der Waals surface area (Å²) in [4.78, 5) is -0.320. The van der Waals surface area contributed by atoms with Crippen molar-refractivity contribution < 1.29 is 26.3 Å². The van der Waals surface area contributed by atoms with Gasteiger partial charge in [-0.2, -0.15) is 4.31 Å². The van der Waals surface area contributed by atoms with Gasteiger partial charge in [-0.25, -0.2) is 21.2 Å². The minimum absolute atomic E-state index is 0.0832. The van der Waals surface area contributed by atoms with Crippen LogP contribution in [0.3, 0.4) is 0 Å². The van der Waals surface area contributed by atoms with Gasteiger partial charge in [-0.05, 0) is 17.7 Å². The van der Waals surface area contributed by atoms with E-state index in [-0.39, 0.29) is 35.1 Å². The zero-order valence-corrected chi connectivity index (χ0v) is 12.1. The van der Waals surface area contributed by atoms with E-state index < -0.39 is 32.3 Å². The summed E-state index contributed by atoms with van der Waals surface area (Å²) in [5.74, 6) is -1.24. The van der Waals surface area contributed by atoms with Crippen molar-refractivity contribution in [3.05, 3.63) is 29.6 Å². The van der Waals surface area contributed by atoms with E-state index in [0.717, 1.165) is 16.4 Å². The third-order valence-electron chi connectivity index (χ3n) is 3.12. The monoisotopic (exact) mass is 323 g/mol. The second kappa shape index (κ2) is 5.40. The van der Waals surface area contributed by atoms with Gasteiger partial charge in [0.05, 0.1) is 23.0 Å². The van der Waals surface area contributed by atoms with Crippen LogP contribution < -0.4 is 0 Å². The summed E-state index contributed by atoms with van der Waals surface area (Å²) in [6, 6.07) is 3.10. The van der Waals surface area contributed by atoms with Crippen LogP contribution in [0.4, 0.5) is 4.39 Å². The largest absolute Gasteiger partial charge is 0.392 e. The molecule has 0 unspecified atom stereocenters. The molecule has 0 spiro atoms. The molecule has 1 aliphatic heterocycles. The van der Waals surface area contributed by atoms with Gasteiger partial charge >= 0.3 is 0 Å². The van der Waals surface area contributed by atoms with Crippen molar-refractivity contribution in [3.63, 3.8) is 0 Å². The number of hydrogen-bond donors (Lipinski definition) is 1. The maximum absolute atomic E-state index is 13.2. The molecule has 0 saturated carbocycles. The first-order chi connectivity index (χ1) is 9.26. The molecule has 1 aliphatic rings. The minimum atomic E-state index is -4.01. The van der Waals surface area contributed by atoms with Gasteiger partial charge < -0.3 is 5.11 Å². The molecule has 0 atom stereocenters. The van der Waals surface area contributed by atoms with Crippen molar-refractivity contribution in [1.29, 1.82) is 0 Å². The van der Waals surface area contributed by atoms with E-state index in [9.17, 15) is 21.2 Å². The van der Waals surface area contributed by atoms with Crippen molar-refractivity contribution in [2.24, 2.45) is 0 Å². The van der Waals surface area contributed by atoms with Crippen LogP contribution in [0.1, 0.15) is 5.56 Å². The second-order valence-electron chi connectivity index (χ2n) is 4.47. The molecule has 0 radical (unpaired) electrons. The Morgan fingerprint density at radius 2 is 1.85 bits per heavy atom. The number of sulfone groups is 1. The summed E-state index contributed by atoms with van der Waals surface area (Å²) in [7, 11) is -7.22.